The SMILES string of the molecule is CCCN(CCC)C(=O)NC(CSC(C)=O)Cc1ccccc1. The van der Waals surface area contributed by atoms with Gasteiger partial charge in [-0.1, -0.05) is 55.9 Å². The monoisotopic (exact) mass is 336 g/mol. The summed E-state index contributed by atoms with van der Waals surface area (Å²) in [6.45, 7) is 7.23. The zero-order valence-electron chi connectivity index (χ0n) is 14.4. The average molecular weight is 337 g/mol. The van der Waals surface area contributed by atoms with Crippen LogP contribution in [-0.4, -0.2) is 40.9 Å². The summed E-state index contributed by atoms with van der Waals surface area (Å²) in [5.74, 6) is 0.599. The molecular formula is C18H28N2O2S. The molecule has 1 aromatic rings. The number of rotatable bonds is 9. The van der Waals surface area contributed by atoms with Gasteiger partial charge in [0.15, 0.2) is 5.12 Å². The number of thioether (sulfide) groups is 1. The highest BCUT2D eigenvalue weighted by atomic mass is 32.2. The van der Waals surface area contributed by atoms with Crippen molar-refractivity contribution in [2.75, 3.05) is 18.8 Å². The van der Waals surface area contributed by atoms with Crippen LogP contribution in [0.4, 0.5) is 4.79 Å². The maximum atomic E-state index is 12.5. The fourth-order valence-corrected chi connectivity index (χ4v) is 3.03. The summed E-state index contributed by atoms with van der Waals surface area (Å²) in [6, 6.07) is 9.99. The maximum absolute atomic E-state index is 12.5. The fraction of sp³-hybridized carbons (Fsp3) is 0.556. The van der Waals surface area contributed by atoms with Gasteiger partial charge in [0.25, 0.3) is 0 Å². The Bertz CT molecular complexity index is 473. The van der Waals surface area contributed by atoms with Gasteiger partial charge in [-0.15, -0.1) is 0 Å². The lowest BCUT2D eigenvalue weighted by atomic mass is 10.1. The van der Waals surface area contributed by atoms with Crippen LogP contribution in [0.25, 0.3) is 0 Å². The number of hydrogen-bond acceptors (Lipinski definition) is 3. The first kappa shape index (κ1) is 19.6. The lowest BCUT2D eigenvalue weighted by Gasteiger charge is -2.26. The molecule has 2 amide bonds. The predicted molar refractivity (Wildman–Crippen MR) is 97.8 cm³/mol. The van der Waals surface area contributed by atoms with Gasteiger partial charge >= 0.3 is 6.03 Å². The third-order valence-corrected chi connectivity index (χ3v) is 4.39. The molecule has 0 saturated carbocycles. The summed E-state index contributed by atoms with van der Waals surface area (Å²) in [5.41, 5.74) is 1.17. The van der Waals surface area contributed by atoms with Gasteiger partial charge in [-0.3, -0.25) is 4.79 Å². The molecule has 0 spiro atoms. The van der Waals surface area contributed by atoms with E-state index in [1.165, 1.54) is 17.3 Å². The molecule has 1 atom stereocenters. The molecule has 128 valence electrons. The summed E-state index contributed by atoms with van der Waals surface area (Å²) in [7, 11) is 0. The molecule has 4 nitrogen and oxygen atoms in total. The molecule has 1 rings (SSSR count). The quantitative estimate of drug-likeness (QED) is 0.748. The Labute approximate surface area is 144 Å². The zero-order valence-corrected chi connectivity index (χ0v) is 15.2. The topological polar surface area (TPSA) is 49.4 Å². The Kier molecular flexibility index (Phi) is 9.45. The lowest BCUT2D eigenvalue weighted by molar-refractivity contribution is -0.109. The van der Waals surface area contributed by atoms with E-state index in [2.05, 4.69) is 19.2 Å². The van der Waals surface area contributed by atoms with Gasteiger partial charge in [0.05, 0.1) is 0 Å². The summed E-state index contributed by atoms with van der Waals surface area (Å²) in [5, 5.41) is 3.18. The molecule has 0 fully saturated rings. The van der Waals surface area contributed by atoms with E-state index in [1.54, 1.807) is 6.92 Å². The Balaban J connectivity index is 2.70. The Morgan fingerprint density at radius 1 is 1.13 bits per heavy atom. The molecule has 23 heavy (non-hydrogen) atoms. The van der Waals surface area contributed by atoms with Gasteiger partial charge in [0.2, 0.25) is 0 Å². The molecule has 0 radical (unpaired) electrons. The summed E-state index contributed by atoms with van der Waals surface area (Å²) < 4.78 is 0. The normalized spacial score (nSPS) is 11.8. The largest absolute Gasteiger partial charge is 0.334 e. The Morgan fingerprint density at radius 2 is 1.74 bits per heavy atom. The number of carbonyl (C=O) groups is 2. The van der Waals surface area contributed by atoms with Crippen molar-refractivity contribution in [1.29, 1.82) is 0 Å². The highest BCUT2D eigenvalue weighted by Gasteiger charge is 2.18. The average Bonchev–Trinajstić information content (AvgIpc) is 2.53. The molecule has 0 heterocycles. The molecule has 1 N–H and O–H groups in total. The van der Waals surface area contributed by atoms with Gasteiger partial charge in [-0.2, -0.15) is 0 Å². The summed E-state index contributed by atoms with van der Waals surface area (Å²) >= 11 is 1.27. The van der Waals surface area contributed by atoms with Gasteiger partial charge < -0.3 is 10.2 Å². The molecule has 1 aromatic carbocycles. The van der Waals surface area contributed by atoms with Crippen molar-refractivity contribution in [3.63, 3.8) is 0 Å². The highest BCUT2D eigenvalue weighted by Crippen LogP contribution is 2.10. The molecule has 0 bridgehead atoms. The first-order valence-electron chi connectivity index (χ1n) is 8.29. The highest BCUT2D eigenvalue weighted by molar-refractivity contribution is 8.13. The maximum Gasteiger partial charge on any atom is 0.317 e. The van der Waals surface area contributed by atoms with Crippen molar-refractivity contribution in [2.45, 2.75) is 46.1 Å². The van der Waals surface area contributed by atoms with Crippen LogP contribution in [0.3, 0.4) is 0 Å². The van der Waals surface area contributed by atoms with Crippen LogP contribution < -0.4 is 5.32 Å². The number of carbonyl (C=O) groups excluding carboxylic acids is 2. The number of hydrogen-bond donors (Lipinski definition) is 1. The molecule has 0 aliphatic rings. The predicted octanol–water partition coefficient (Wildman–Crippen LogP) is 3.71. The minimum Gasteiger partial charge on any atom is -0.334 e. The van der Waals surface area contributed by atoms with E-state index in [0.29, 0.717) is 5.75 Å². The Hall–Kier alpha value is -1.49. The van der Waals surface area contributed by atoms with E-state index in [4.69, 9.17) is 0 Å². The van der Waals surface area contributed by atoms with Crippen LogP contribution in [0.15, 0.2) is 30.3 Å². The minimum absolute atomic E-state index is 0.0289. The van der Waals surface area contributed by atoms with Crippen LogP contribution in [0.2, 0.25) is 0 Å². The smallest absolute Gasteiger partial charge is 0.317 e. The standard InChI is InChI=1S/C18H28N2O2S/c1-4-11-20(12-5-2)18(22)19-17(14-23-15(3)21)13-16-9-7-6-8-10-16/h6-10,17H,4-5,11-14H2,1-3H3,(H,19,22). The molecule has 0 aromatic heterocycles. The Morgan fingerprint density at radius 3 is 2.26 bits per heavy atom. The van der Waals surface area contributed by atoms with Crippen molar-refractivity contribution in [3.8, 4) is 0 Å². The summed E-state index contributed by atoms with van der Waals surface area (Å²) in [4.78, 5) is 25.6. The second kappa shape index (κ2) is 11.1. The number of benzene rings is 1. The van der Waals surface area contributed by atoms with Gasteiger partial charge in [-0.05, 0) is 24.8 Å². The van der Waals surface area contributed by atoms with Gasteiger partial charge in [0.1, 0.15) is 0 Å². The van der Waals surface area contributed by atoms with E-state index in [0.717, 1.165) is 32.4 Å². The van der Waals surface area contributed by atoms with Gasteiger partial charge in [-0.25, -0.2) is 4.79 Å². The minimum atomic E-state index is -0.0463. The van der Waals surface area contributed by atoms with Gasteiger partial charge in [0, 0.05) is 31.8 Å². The summed E-state index contributed by atoms with van der Waals surface area (Å²) in [6.07, 6.45) is 2.62. The molecule has 0 aliphatic heterocycles. The molecule has 1 unspecified atom stereocenters. The first-order chi connectivity index (χ1) is 11.1. The second-order valence-electron chi connectivity index (χ2n) is 5.63. The third-order valence-electron chi connectivity index (χ3n) is 3.41. The van der Waals surface area contributed by atoms with Crippen molar-refractivity contribution < 1.29 is 9.59 Å². The van der Waals surface area contributed by atoms with E-state index >= 15 is 0 Å². The molecule has 5 heteroatoms. The van der Waals surface area contributed by atoms with Crippen molar-refractivity contribution in [1.82, 2.24) is 10.2 Å². The number of nitrogens with one attached hydrogen (secondary N) is 1. The first-order valence-corrected chi connectivity index (χ1v) is 9.28. The number of amides is 2. The number of urea groups is 1. The van der Waals surface area contributed by atoms with Crippen LogP contribution in [0.5, 0.6) is 0 Å². The molecule has 0 aliphatic carbocycles. The van der Waals surface area contributed by atoms with E-state index in [9.17, 15) is 9.59 Å². The van der Waals surface area contributed by atoms with Crippen molar-refractivity contribution in [2.24, 2.45) is 0 Å². The zero-order chi connectivity index (χ0) is 17.1. The van der Waals surface area contributed by atoms with Crippen LogP contribution in [-0.2, 0) is 11.2 Å². The van der Waals surface area contributed by atoms with Crippen LogP contribution in [0.1, 0.15) is 39.2 Å². The molecule has 0 saturated heterocycles. The third kappa shape index (κ3) is 8.07. The van der Waals surface area contributed by atoms with Crippen molar-refractivity contribution >= 4 is 22.9 Å². The van der Waals surface area contributed by atoms with Crippen LogP contribution in [0, 0.1) is 0 Å². The second-order valence-corrected chi connectivity index (χ2v) is 6.82. The van der Waals surface area contributed by atoms with E-state index in [1.807, 2.05) is 35.2 Å². The molecular weight excluding hydrogens is 308 g/mol. The fourth-order valence-electron chi connectivity index (χ4n) is 2.39. The van der Waals surface area contributed by atoms with E-state index < -0.39 is 0 Å². The van der Waals surface area contributed by atoms with Crippen molar-refractivity contribution in [3.05, 3.63) is 35.9 Å². The number of nitrogens with zero attached hydrogens (tertiary/aromatic N) is 1. The van der Waals surface area contributed by atoms with E-state index in [-0.39, 0.29) is 17.2 Å². The lowest BCUT2D eigenvalue weighted by Crippen LogP contribution is -2.47. The van der Waals surface area contributed by atoms with Crippen LogP contribution >= 0.6 is 11.8 Å².